The maximum Gasteiger partial charge on any atom is 0.222 e. The first kappa shape index (κ1) is 15.0. The lowest BCUT2D eigenvalue weighted by Crippen LogP contribution is -2.06. The molecule has 5 heteroatoms. The molecule has 0 unspecified atom stereocenters. The third-order valence-corrected chi connectivity index (χ3v) is 3.04. The maximum absolute atomic E-state index is 5.95. The van der Waals surface area contributed by atoms with Crippen LogP contribution in [0.3, 0.4) is 0 Å². The van der Waals surface area contributed by atoms with Crippen molar-refractivity contribution in [3.8, 4) is 0 Å². The van der Waals surface area contributed by atoms with Gasteiger partial charge in [0.1, 0.15) is 10.8 Å². The highest BCUT2D eigenvalue weighted by Gasteiger charge is 2.02. The van der Waals surface area contributed by atoms with E-state index < -0.39 is 0 Å². The van der Waals surface area contributed by atoms with E-state index in [2.05, 4.69) is 29.1 Å². The molecule has 0 aliphatic carbocycles. The van der Waals surface area contributed by atoms with Gasteiger partial charge in [-0.25, -0.2) is 4.98 Å². The lowest BCUT2D eigenvalue weighted by molar-refractivity contribution is 0.523. The van der Waals surface area contributed by atoms with Crippen molar-refractivity contribution < 1.29 is 0 Å². The molecule has 0 aliphatic heterocycles. The average molecular weight is 271 g/mol. The van der Waals surface area contributed by atoms with Crippen molar-refractivity contribution in [2.75, 3.05) is 17.6 Å². The molecule has 0 aromatic carbocycles. The molecule has 0 spiro atoms. The van der Waals surface area contributed by atoms with Crippen molar-refractivity contribution in [3.63, 3.8) is 0 Å². The zero-order valence-corrected chi connectivity index (χ0v) is 12.0. The fourth-order valence-corrected chi connectivity index (χ4v) is 1.90. The highest BCUT2D eigenvalue weighted by molar-refractivity contribution is 6.32. The van der Waals surface area contributed by atoms with Crippen molar-refractivity contribution in [1.29, 1.82) is 0 Å². The Bertz CT molecular complexity index is 355. The van der Waals surface area contributed by atoms with Crippen molar-refractivity contribution in [3.05, 3.63) is 11.2 Å². The topological polar surface area (TPSA) is 63.8 Å². The first-order valence-electron chi connectivity index (χ1n) is 6.61. The van der Waals surface area contributed by atoms with Gasteiger partial charge in [-0.3, -0.25) is 0 Å². The summed E-state index contributed by atoms with van der Waals surface area (Å²) in [6.07, 6.45) is 7.81. The van der Waals surface area contributed by atoms with Crippen LogP contribution in [0, 0.1) is 5.92 Å². The molecule has 1 aromatic heterocycles. The summed E-state index contributed by atoms with van der Waals surface area (Å²) in [6.45, 7) is 5.41. The van der Waals surface area contributed by atoms with Crippen molar-refractivity contribution in [2.24, 2.45) is 5.92 Å². The number of anilines is 2. The van der Waals surface area contributed by atoms with Crippen LogP contribution in [-0.2, 0) is 0 Å². The molecule has 0 atom stereocenters. The van der Waals surface area contributed by atoms with Crippen LogP contribution in [0.15, 0.2) is 6.20 Å². The van der Waals surface area contributed by atoms with Crippen LogP contribution in [-0.4, -0.2) is 16.5 Å². The second-order valence-electron chi connectivity index (χ2n) is 4.95. The number of rotatable bonds is 8. The molecule has 0 aliphatic rings. The predicted octanol–water partition coefficient (Wildman–Crippen LogP) is 3.73. The number of unbranched alkanes of at least 4 members (excludes halogenated alkanes) is 3. The second-order valence-corrected chi connectivity index (χ2v) is 5.36. The molecule has 0 bridgehead atoms. The summed E-state index contributed by atoms with van der Waals surface area (Å²) in [5.74, 6) is 1.69. The number of aromatic nitrogens is 2. The van der Waals surface area contributed by atoms with E-state index in [0.717, 1.165) is 18.9 Å². The Morgan fingerprint density at radius 2 is 2.00 bits per heavy atom. The number of nitrogens with zero attached hydrogens (tertiary/aromatic N) is 2. The largest absolute Gasteiger partial charge is 0.369 e. The second kappa shape index (κ2) is 8.14. The lowest BCUT2D eigenvalue weighted by atomic mass is 10.0. The summed E-state index contributed by atoms with van der Waals surface area (Å²) >= 11 is 5.95. The first-order chi connectivity index (χ1) is 8.59. The van der Waals surface area contributed by atoms with Gasteiger partial charge < -0.3 is 11.1 Å². The number of halogens is 1. The Morgan fingerprint density at radius 1 is 1.28 bits per heavy atom. The lowest BCUT2D eigenvalue weighted by Gasteiger charge is -2.08. The van der Waals surface area contributed by atoms with Crippen LogP contribution in [0.4, 0.5) is 11.8 Å². The van der Waals surface area contributed by atoms with E-state index in [1.165, 1.54) is 31.9 Å². The molecule has 1 aromatic rings. The summed E-state index contributed by atoms with van der Waals surface area (Å²) < 4.78 is 0. The van der Waals surface area contributed by atoms with Gasteiger partial charge in [0.25, 0.3) is 0 Å². The maximum atomic E-state index is 5.95. The number of nitrogen functional groups attached to an aromatic ring is 1. The van der Waals surface area contributed by atoms with Gasteiger partial charge in [-0.1, -0.05) is 51.1 Å². The van der Waals surface area contributed by atoms with Crippen LogP contribution in [0.5, 0.6) is 0 Å². The zero-order valence-electron chi connectivity index (χ0n) is 11.2. The molecule has 3 N–H and O–H groups in total. The summed E-state index contributed by atoms with van der Waals surface area (Å²) in [7, 11) is 0. The molecule has 0 saturated carbocycles. The molecular weight excluding hydrogens is 248 g/mol. The predicted molar refractivity (Wildman–Crippen MR) is 77.9 cm³/mol. The minimum absolute atomic E-state index is 0.249. The quantitative estimate of drug-likeness (QED) is 0.707. The van der Waals surface area contributed by atoms with Crippen LogP contribution >= 0.6 is 11.6 Å². The van der Waals surface area contributed by atoms with Crippen molar-refractivity contribution in [1.82, 2.24) is 9.97 Å². The minimum atomic E-state index is 0.249. The summed E-state index contributed by atoms with van der Waals surface area (Å²) in [5, 5.41) is 3.71. The molecule has 4 nitrogen and oxygen atoms in total. The normalized spacial score (nSPS) is 10.9. The fourth-order valence-electron chi connectivity index (χ4n) is 1.74. The highest BCUT2D eigenvalue weighted by atomic mass is 35.5. The molecule has 18 heavy (non-hydrogen) atoms. The average Bonchev–Trinajstić information content (AvgIpc) is 2.32. The third-order valence-electron chi connectivity index (χ3n) is 2.76. The van der Waals surface area contributed by atoms with E-state index in [4.69, 9.17) is 17.3 Å². The number of nitrogens with one attached hydrogen (secondary N) is 1. The fraction of sp³-hybridized carbons (Fsp3) is 0.692. The van der Waals surface area contributed by atoms with E-state index in [1.54, 1.807) is 0 Å². The van der Waals surface area contributed by atoms with E-state index in [0.29, 0.717) is 10.8 Å². The molecular formula is C13H23ClN4. The third kappa shape index (κ3) is 6.05. The van der Waals surface area contributed by atoms with Gasteiger partial charge in [-0.2, -0.15) is 4.98 Å². The Morgan fingerprint density at radius 3 is 2.72 bits per heavy atom. The molecule has 0 radical (unpaired) electrons. The molecule has 1 rings (SSSR count). The molecule has 0 saturated heterocycles. The number of nitrogens with two attached hydrogens (primary N) is 1. The molecule has 1 heterocycles. The number of hydrogen-bond acceptors (Lipinski definition) is 4. The van der Waals surface area contributed by atoms with Gasteiger partial charge in [-0.05, 0) is 12.3 Å². The monoisotopic (exact) mass is 270 g/mol. The Labute approximate surface area is 114 Å². The zero-order chi connectivity index (χ0) is 13.4. The van der Waals surface area contributed by atoms with Crippen molar-refractivity contribution in [2.45, 2.75) is 46.0 Å². The minimum Gasteiger partial charge on any atom is -0.369 e. The summed E-state index contributed by atoms with van der Waals surface area (Å²) in [6, 6.07) is 0. The summed E-state index contributed by atoms with van der Waals surface area (Å²) in [5.41, 5.74) is 5.50. The van der Waals surface area contributed by atoms with E-state index in [-0.39, 0.29) is 5.95 Å². The van der Waals surface area contributed by atoms with Gasteiger partial charge >= 0.3 is 0 Å². The van der Waals surface area contributed by atoms with E-state index >= 15 is 0 Å². The SMILES string of the molecule is CC(C)CCCCCCNc1nc(N)ncc1Cl. The first-order valence-corrected chi connectivity index (χ1v) is 6.99. The van der Waals surface area contributed by atoms with Crippen LogP contribution in [0.25, 0.3) is 0 Å². The smallest absolute Gasteiger partial charge is 0.222 e. The standard InChI is InChI=1S/C13H23ClN4/c1-10(2)7-5-3-4-6-8-16-12-11(14)9-17-13(15)18-12/h9-10H,3-8H2,1-2H3,(H3,15,16,17,18). The Kier molecular flexibility index (Phi) is 6.80. The van der Waals surface area contributed by atoms with Crippen LogP contribution < -0.4 is 11.1 Å². The highest BCUT2D eigenvalue weighted by Crippen LogP contribution is 2.18. The van der Waals surface area contributed by atoms with Crippen LogP contribution in [0.1, 0.15) is 46.0 Å². The summed E-state index contributed by atoms with van der Waals surface area (Å²) in [4.78, 5) is 7.87. The molecule has 0 amide bonds. The Balaban J connectivity index is 2.12. The van der Waals surface area contributed by atoms with Crippen LogP contribution in [0.2, 0.25) is 5.02 Å². The van der Waals surface area contributed by atoms with Gasteiger partial charge in [0.05, 0.1) is 6.20 Å². The van der Waals surface area contributed by atoms with Gasteiger partial charge in [-0.15, -0.1) is 0 Å². The molecule has 0 fully saturated rings. The van der Waals surface area contributed by atoms with Gasteiger partial charge in [0.15, 0.2) is 0 Å². The number of hydrogen-bond donors (Lipinski definition) is 2. The van der Waals surface area contributed by atoms with Gasteiger partial charge in [0, 0.05) is 6.54 Å². The van der Waals surface area contributed by atoms with E-state index in [9.17, 15) is 0 Å². The Hall–Kier alpha value is -1.03. The van der Waals surface area contributed by atoms with Gasteiger partial charge in [0.2, 0.25) is 5.95 Å². The van der Waals surface area contributed by atoms with Crippen molar-refractivity contribution >= 4 is 23.4 Å². The molecule has 102 valence electrons. The van der Waals surface area contributed by atoms with E-state index in [1.807, 2.05) is 0 Å².